The molecule has 5 atom stereocenters. The van der Waals surface area contributed by atoms with Crippen molar-refractivity contribution in [2.45, 2.75) is 29.4 Å². The molecule has 0 aliphatic carbocycles. The summed E-state index contributed by atoms with van der Waals surface area (Å²) in [7, 11) is 1.39. The van der Waals surface area contributed by atoms with E-state index in [4.69, 9.17) is 14.6 Å². The number of aliphatic hydroxyl groups excluding tert-OH is 3. The minimum atomic E-state index is -0.942. The molecule has 0 aromatic rings. The van der Waals surface area contributed by atoms with Crippen molar-refractivity contribution in [3.05, 3.63) is 0 Å². The summed E-state index contributed by atoms with van der Waals surface area (Å²) in [6.07, 6.45) is -3.42. The van der Waals surface area contributed by atoms with Gasteiger partial charge in [0.1, 0.15) is 12.2 Å². The second kappa shape index (κ2) is 4.68. The van der Waals surface area contributed by atoms with Crippen LogP contribution in [0.4, 0.5) is 0 Å². The fourth-order valence-corrected chi connectivity index (χ4v) is 1.83. The Labute approximate surface area is 84.4 Å². The summed E-state index contributed by atoms with van der Waals surface area (Å²) in [6.45, 7) is -0.310. The lowest BCUT2D eigenvalue weighted by atomic mass is 10.0. The highest BCUT2D eigenvalue weighted by Gasteiger charge is 2.42. The lowest BCUT2D eigenvalue weighted by Gasteiger charge is -2.39. The number of ether oxygens (including phenoxy) is 2. The van der Waals surface area contributed by atoms with E-state index in [1.165, 1.54) is 7.11 Å². The SMILES string of the molecule is COC1O[C@H](CO)[C@@H](O)[C@H](Br)[C@H]1O. The number of halogens is 1. The summed E-state index contributed by atoms with van der Waals surface area (Å²) < 4.78 is 9.91. The van der Waals surface area contributed by atoms with Gasteiger partial charge in [-0.1, -0.05) is 15.9 Å². The smallest absolute Gasteiger partial charge is 0.184 e. The van der Waals surface area contributed by atoms with Crippen LogP contribution in [0.15, 0.2) is 0 Å². The molecule has 1 fully saturated rings. The predicted octanol–water partition coefficient (Wildman–Crippen LogP) is -1.16. The van der Waals surface area contributed by atoms with E-state index >= 15 is 0 Å². The average molecular weight is 257 g/mol. The van der Waals surface area contributed by atoms with Gasteiger partial charge in [0.05, 0.1) is 17.5 Å². The minimum Gasteiger partial charge on any atom is -0.394 e. The van der Waals surface area contributed by atoms with Crippen molar-refractivity contribution in [3.63, 3.8) is 0 Å². The van der Waals surface area contributed by atoms with E-state index in [1.54, 1.807) is 0 Å². The Morgan fingerprint density at radius 1 is 1.38 bits per heavy atom. The van der Waals surface area contributed by atoms with Gasteiger partial charge in [0.25, 0.3) is 0 Å². The topological polar surface area (TPSA) is 79.2 Å². The molecule has 0 bridgehead atoms. The summed E-state index contributed by atoms with van der Waals surface area (Å²) in [6, 6.07) is 0. The number of hydrogen-bond acceptors (Lipinski definition) is 5. The van der Waals surface area contributed by atoms with Gasteiger partial charge < -0.3 is 24.8 Å². The molecule has 1 aliphatic rings. The summed E-state index contributed by atoms with van der Waals surface area (Å²) in [5.74, 6) is 0. The van der Waals surface area contributed by atoms with Gasteiger partial charge in [-0.05, 0) is 0 Å². The number of hydrogen-bond donors (Lipinski definition) is 3. The first kappa shape index (κ1) is 11.4. The van der Waals surface area contributed by atoms with Gasteiger partial charge in [-0.2, -0.15) is 0 Å². The molecule has 6 heteroatoms. The molecule has 0 spiro atoms. The van der Waals surface area contributed by atoms with Crippen LogP contribution in [0.3, 0.4) is 0 Å². The first-order chi connectivity index (χ1) is 6.11. The maximum Gasteiger partial charge on any atom is 0.184 e. The van der Waals surface area contributed by atoms with Crippen LogP contribution >= 0.6 is 15.9 Å². The molecule has 0 saturated carbocycles. The first-order valence-corrected chi connectivity index (χ1v) is 4.82. The molecule has 5 nitrogen and oxygen atoms in total. The Hall–Kier alpha value is 0.280. The van der Waals surface area contributed by atoms with Crippen molar-refractivity contribution in [1.29, 1.82) is 0 Å². The number of alkyl halides is 1. The normalized spacial score (nSPS) is 46.4. The van der Waals surface area contributed by atoms with Gasteiger partial charge in [0.15, 0.2) is 6.29 Å². The zero-order valence-corrected chi connectivity index (χ0v) is 8.72. The van der Waals surface area contributed by atoms with Crippen LogP contribution in [-0.4, -0.2) is 58.5 Å². The van der Waals surface area contributed by atoms with E-state index in [-0.39, 0.29) is 6.61 Å². The van der Waals surface area contributed by atoms with Crippen LogP contribution in [-0.2, 0) is 9.47 Å². The van der Waals surface area contributed by atoms with E-state index in [9.17, 15) is 10.2 Å². The fraction of sp³-hybridized carbons (Fsp3) is 1.00. The third-order valence-corrected chi connectivity index (χ3v) is 3.12. The molecule has 0 amide bonds. The average Bonchev–Trinajstić information content (AvgIpc) is 2.15. The Kier molecular flexibility index (Phi) is 4.08. The van der Waals surface area contributed by atoms with Crippen LogP contribution in [0.5, 0.6) is 0 Å². The highest BCUT2D eigenvalue weighted by Crippen LogP contribution is 2.26. The largest absolute Gasteiger partial charge is 0.394 e. The van der Waals surface area contributed by atoms with Crippen LogP contribution < -0.4 is 0 Å². The summed E-state index contributed by atoms with van der Waals surface area (Å²) >= 11 is 3.11. The molecule has 1 aliphatic heterocycles. The van der Waals surface area contributed by atoms with Crippen LogP contribution in [0.2, 0.25) is 0 Å². The second-order valence-electron chi connectivity index (χ2n) is 2.89. The van der Waals surface area contributed by atoms with Crippen LogP contribution in [0, 0.1) is 0 Å². The number of rotatable bonds is 2. The van der Waals surface area contributed by atoms with Gasteiger partial charge in [-0.15, -0.1) is 0 Å². The lowest BCUT2D eigenvalue weighted by molar-refractivity contribution is -0.257. The highest BCUT2D eigenvalue weighted by atomic mass is 79.9. The molecular formula is C7H13BrO5. The third-order valence-electron chi connectivity index (χ3n) is 2.03. The maximum absolute atomic E-state index is 9.48. The van der Waals surface area contributed by atoms with Gasteiger partial charge in [-0.3, -0.25) is 0 Å². The third kappa shape index (κ3) is 2.20. The van der Waals surface area contributed by atoms with Crippen molar-refractivity contribution < 1.29 is 24.8 Å². The molecular weight excluding hydrogens is 244 g/mol. The van der Waals surface area contributed by atoms with Crippen molar-refractivity contribution in [1.82, 2.24) is 0 Å². The molecule has 1 saturated heterocycles. The van der Waals surface area contributed by atoms with Gasteiger partial charge in [0.2, 0.25) is 0 Å². The standard InChI is InChI=1S/C7H13BrO5/c1-12-7-6(11)4(8)5(10)3(2-9)13-7/h3-7,9-11H,2H2,1H3/t3-,4+,5-,6-,7?/m1/s1. The maximum atomic E-state index is 9.48. The van der Waals surface area contributed by atoms with Gasteiger partial charge in [-0.25, -0.2) is 0 Å². The zero-order chi connectivity index (χ0) is 10.0. The molecule has 0 aromatic heterocycles. The van der Waals surface area contributed by atoms with Crippen molar-refractivity contribution in [2.75, 3.05) is 13.7 Å². The summed E-state index contributed by atoms with van der Waals surface area (Å²) in [5.41, 5.74) is 0. The van der Waals surface area contributed by atoms with Crippen molar-refractivity contribution >= 4 is 15.9 Å². The van der Waals surface area contributed by atoms with Crippen molar-refractivity contribution in [2.24, 2.45) is 0 Å². The minimum absolute atomic E-state index is 0.310. The molecule has 13 heavy (non-hydrogen) atoms. The molecule has 78 valence electrons. The molecule has 1 heterocycles. The Bertz CT molecular complexity index is 147. The predicted molar refractivity (Wildman–Crippen MR) is 47.5 cm³/mol. The zero-order valence-electron chi connectivity index (χ0n) is 7.13. The van der Waals surface area contributed by atoms with Gasteiger partial charge >= 0.3 is 0 Å². The Balaban J connectivity index is 2.66. The monoisotopic (exact) mass is 256 g/mol. The summed E-state index contributed by atoms with van der Waals surface area (Å²) in [5, 5.41) is 27.8. The number of methoxy groups -OCH3 is 1. The van der Waals surface area contributed by atoms with Crippen LogP contribution in [0.25, 0.3) is 0 Å². The molecule has 1 unspecified atom stereocenters. The first-order valence-electron chi connectivity index (χ1n) is 3.91. The number of aliphatic hydroxyl groups is 3. The quantitative estimate of drug-likeness (QED) is 0.543. The van der Waals surface area contributed by atoms with Crippen molar-refractivity contribution in [3.8, 4) is 0 Å². The van der Waals surface area contributed by atoms with E-state index < -0.39 is 29.4 Å². The van der Waals surface area contributed by atoms with E-state index in [2.05, 4.69) is 15.9 Å². The molecule has 3 N–H and O–H groups in total. The van der Waals surface area contributed by atoms with E-state index in [1.807, 2.05) is 0 Å². The summed E-state index contributed by atoms with van der Waals surface area (Å²) in [4.78, 5) is -0.552. The Morgan fingerprint density at radius 2 is 2.00 bits per heavy atom. The molecule has 0 aromatic carbocycles. The molecule has 0 radical (unpaired) electrons. The second-order valence-corrected chi connectivity index (χ2v) is 3.94. The Morgan fingerprint density at radius 3 is 2.46 bits per heavy atom. The van der Waals surface area contributed by atoms with E-state index in [0.717, 1.165) is 0 Å². The van der Waals surface area contributed by atoms with E-state index in [0.29, 0.717) is 0 Å². The lowest BCUT2D eigenvalue weighted by Crippen LogP contribution is -2.56. The van der Waals surface area contributed by atoms with Crippen LogP contribution in [0.1, 0.15) is 0 Å². The molecule has 1 rings (SSSR count). The highest BCUT2D eigenvalue weighted by molar-refractivity contribution is 9.09. The fourth-order valence-electron chi connectivity index (χ4n) is 1.24. The van der Waals surface area contributed by atoms with Gasteiger partial charge in [0, 0.05) is 7.11 Å².